The summed E-state index contributed by atoms with van der Waals surface area (Å²) in [5.41, 5.74) is 1.14. The SMILES string of the molecule is Cc1cnc(N(C)CC2CCCC2)[nH]1. The van der Waals surface area contributed by atoms with Crippen LogP contribution >= 0.6 is 0 Å². The molecule has 1 aliphatic carbocycles. The summed E-state index contributed by atoms with van der Waals surface area (Å²) < 4.78 is 0. The van der Waals surface area contributed by atoms with Gasteiger partial charge in [-0.1, -0.05) is 12.8 Å². The largest absolute Gasteiger partial charge is 0.345 e. The van der Waals surface area contributed by atoms with Gasteiger partial charge in [-0.3, -0.25) is 0 Å². The van der Waals surface area contributed by atoms with Crippen LogP contribution in [0.4, 0.5) is 5.95 Å². The van der Waals surface area contributed by atoms with E-state index in [1.807, 2.05) is 13.1 Å². The summed E-state index contributed by atoms with van der Waals surface area (Å²) >= 11 is 0. The van der Waals surface area contributed by atoms with Crippen LogP contribution in [0.2, 0.25) is 0 Å². The molecule has 1 fully saturated rings. The lowest BCUT2D eigenvalue weighted by molar-refractivity contribution is 0.543. The molecule has 0 unspecified atom stereocenters. The molecule has 1 aromatic heterocycles. The molecule has 2 rings (SSSR count). The molecule has 3 heteroatoms. The van der Waals surface area contributed by atoms with Crippen molar-refractivity contribution in [3.05, 3.63) is 11.9 Å². The summed E-state index contributed by atoms with van der Waals surface area (Å²) in [4.78, 5) is 9.83. The Labute approximate surface area is 85.5 Å². The van der Waals surface area contributed by atoms with Gasteiger partial charge >= 0.3 is 0 Å². The fourth-order valence-corrected chi connectivity index (χ4v) is 2.26. The number of aromatic amines is 1. The van der Waals surface area contributed by atoms with Crippen molar-refractivity contribution in [1.82, 2.24) is 9.97 Å². The van der Waals surface area contributed by atoms with Gasteiger partial charge in [-0.05, 0) is 25.7 Å². The number of nitrogens with zero attached hydrogens (tertiary/aromatic N) is 2. The lowest BCUT2D eigenvalue weighted by Gasteiger charge is -2.20. The maximum absolute atomic E-state index is 4.33. The zero-order valence-corrected chi connectivity index (χ0v) is 9.08. The minimum atomic E-state index is 0.880. The Kier molecular flexibility index (Phi) is 2.75. The third-order valence-electron chi connectivity index (χ3n) is 3.06. The molecule has 0 spiro atoms. The predicted octanol–water partition coefficient (Wildman–Crippen LogP) is 2.34. The van der Waals surface area contributed by atoms with Gasteiger partial charge in [0, 0.05) is 25.5 Å². The van der Waals surface area contributed by atoms with Gasteiger partial charge in [0.2, 0.25) is 5.95 Å². The number of aryl methyl sites for hydroxylation is 1. The molecule has 0 aliphatic heterocycles. The van der Waals surface area contributed by atoms with E-state index in [0.717, 1.165) is 24.1 Å². The first-order chi connectivity index (χ1) is 6.75. The van der Waals surface area contributed by atoms with E-state index in [1.165, 1.54) is 25.7 Å². The van der Waals surface area contributed by atoms with E-state index in [1.54, 1.807) is 0 Å². The fourth-order valence-electron chi connectivity index (χ4n) is 2.26. The van der Waals surface area contributed by atoms with Crippen LogP contribution in [0.1, 0.15) is 31.4 Å². The van der Waals surface area contributed by atoms with Gasteiger partial charge in [0.15, 0.2) is 0 Å². The quantitative estimate of drug-likeness (QED) is 0.799. The van der Waals surface area contributed by atoms with Gasteiger partial charge in [0.1, 0.15) is 0 Å². The molecule has 14 heavy (non-hydrogen) atoms. The van der Waals surface area contributed by atoms with E-state index in [2.05, 4.69) is 21.9 Å². The minimum Gasteiger partial charge on any atom is -0.345 e. The first-order valence-electron chi connectivity index (χ1n) is 5.48. The summed E-state index contributed by atoms with van der Waals surface area (Å²) in [5, 5.41) is 0. The van der Waals surface area contributed by atoms with Crippen molar-refractivity contribution in [3.63, 3.8) is 0 Å². The Morgan fingerprint density at radius 2 is 2.21 bits per heavy atom. The molecule has 0 amide bonds. The van der Waals surface area contributed by atoms with Crippen LogP contribution in [0.5, 0.6) is 0 Å². The number of aromatic nitrogens is 2. The molecular formula is C11H19N3. The molecule has 3 nitrogen and oxygen atoms in total. The molecule has 0 saturated heterocycles. The Bertz CT molecular complexity index is 286. The van der Waals surface area contributed by atoms with Crippen molar-refractivity contribution in [3.8, 4) is 0 Å². The van der Waals surface area contributed by atoms with Gasteiger partial charge in [-0.15, -0.1) is 0 Å². The Morgan fingerprint density at radius 3 is 2.79 bits per heavy atom. The molecule has 1 N–H and O–H groups in total. The first-order valence-corrected chi connectivity index (χ1v) is 5.48. The molecule has 1 saturated carbocycles. The van der Waals surface area contributed by atoms with Gasteiger partial charge in [-0.2, -0.15) is 0 Å². The first kappa shape index (κ1) is 9.56. The molecular weight excluding hydrogens is 174 g/mol. The highest BCUT2D eigenvalue weighted by Gasteiger charge is 2.17. The van der Waals surface area contributed by atoms with Gasteiger partial charge in [0.25, 0.3) is 0 Å². The second-order valence-electron chi connectivity index (χ2n) is 4.42. The minimum absolute atomic E-state index is 0.880. The summed E-state index contributed by atoms with van der Waals surface area (Å²) in [6.45, 7) is 3.19. The van der Waals surface area contributed by atoms with Crippen LogP contribution < -0.4 is 4.90 Å². The zero-order chi connectivity index (χ0) is 9.97. The van der Waals surface area contributed by atoms with Gasteiger partial charge in [0.05, 0.1) is 0 Å². The topological polar surface area (TPSA) is 31.9 Å². The molecule has 1 aliphatic rings. The summed E-state index contributed by atoms with van der Waals surface area (Å²) in [7, 11) is 2.12. The highest BCUT2D eigenvalue weighted by Crippen LogP contribution is 2.25. The monoisotopic (exact) mass is 193 g/mol. The maximum Gasteiger partial charge on any atom is 0.202 e. The Hall–Kier alpha value is -0.990. The predicted molar refractivity (Wildman–Crippen MR) is 58.6 cm³/mol. The number of H-pyrrole nitrogens is 1. The number of nitrogens with one attached hydrogen (secondary N) is 1. The smallest absolute Gasteiger partial charge is 0.202 e. The van der Waals surface area contributed by atoms with Crippen molar-refractivity contribution in [2.75, 3.05) is 18.5 Å². The molecule has 78 valence electrons. The number of rotatable bonds is 3. The Balaban J connectivity index is 1.91. The van der Waals surface area contributed by atoms with E-state index in [0.29, 0.717) is 0 Å². The second kappa shape index (κ2) is 4.03. The standard InChI is InChI=1S/C11H19N3/c1-9-7-12-11(13-9)14(2)8-10-5-3-4-6-10/h7,10H,3-6,8H2,1-2H3,(H,12,13). The highest BCUT2D eigenvalue weighted by molar-refractivity contribution is 5.29. The van der Waals surface area contributed by atoms with E-state index >= 15 is 0 Å². The summed E-state index contributed by atoms with van der Waals surface area (Å²) in [6, 6.07) is 0. The van der Waals surface area contributed by atoms with Gasteiger partial charge < -0.3 is 9.88 Å². The van der Waals surface area contributed by atoms with Crippen LogP contribution in [0.25, 0.3) is 0 Å². The van der Waals surface area contributed by atoms with Crippen LogP contribution in [-0.4, -0.2) is 23.6 Å². The van der Waals surface area contributed by atoms with E-state index < -0.39 is 0 Å². The molecule has 0 bridgehead atoms. The average Bonchev–Trinajstić information content (AvgIpc) is 2.75. The van der Waals surface area contributed by atoms with Crippen LogP contribution in [0.15, 0.2) is 6.20 Å². The number of anilines is 1. The van der Waals surface area contributed by atoms with Crippen LogP contribution in [0, 0.1) is 12.8 Å². The van der Waals surface area contributed by atoms with E-state index in [-0.39, 0.29) is 0 Å². The van der Waals surface area contributed by atoms with E-state index in [9.17, 15) is 0 Å². The molecule has 0 radical (unpaired) electrons. The van der Waals surface area contributed by atoms with Crippen molar-refractivity contribution in [1.29, 1.82) is 0 Å². The summed E-state index contributed by atoms with van der Waals surface area (Å²) in [5.74, 6) is 1.89. The maximum atomic E-state index is 4.33. The Morgan fingerprint density at radius 1 is 1.50 bits per heavy atom. The number of hydrogen-bond donors (Lipinski definition) is 1. The van der Waals surface area contributed by atoms with Crippen molar-refractivity contribution in [2.45, 2.75) is 32.6 Å². The third kappa shape index (κ3) is 2.08. The van der Waals surface area contributed by atoms with Crippen molar-refractivity contribution < 1.29 is 0 Å². The molecule has 0 aromatic carbocycles. The van der Waals surface area contributed by atoms with Crippen LogP contribution in [-0.2, 0) is 0 Å². The molecule has 1 heterocycles. The average molecular weight is 193 g/mol. The molecule has 1 aromatic rings. The highest BCUT2D eigenvalue weighted by atomic mass is 15.2. The van der Waals surface area contributed by atoms with E-state index in [4.69, 9.17) is 0 Å². The lowest BCUT2D eigenvalue weighted by atomic mass is 10.1. The number of imidazole rings is 1. The number of hydrogen-bond acceptors (Lipinski definition) is 2. The van der Waals surface area contributed by atoms with Crippen LogP contribution in [0.3, 0.4) is 0 Å². The van der Waals surface area contributed by atoms with Crippen molar-refractivity contribution >= 4 is 5.95 Å². The molecule has 0 atom stereocenters. The normalized spacial score (nSPS) is 17.6. The lowest BCUT2D eigenvalue weighted by Crippen LogP contribution is -2.24. The zero-order valence-electron chi connectivity index (χ0n) is 9.08. The fraction of sp³-hybridized carbons (Fsp3) is 0.727. The third-order valence-corrected chi connectivity index (χ3v) is 3.06. The summed E-state index contributed by atoms with van der Waals surface area (Å²) in [6.07, 6.45) is 7.50. The van der Waals surface area contributed by atoms with Gasteiger partial charge in [-0.25, -0.2) is 4.98 Å². The second-order valence-corrected chi connectivity index (χ2v) is 4.42. The van der Waals surface area contributed by atoms with Crippen molar-refractivity contribution in [2.24, 2.45) is 5.92 Å².